The van der Waals surface area contributed by atoms with Crippen LogP contribution >= 0.6 is 0 Å². The molecule has 0 amide bonds. The van der Waals surface area contributed by atoms with Crippen LogP contribution < -0.4 is 4.74 Å². The van der Waals surface area contributed by atoms with Gasteiger partial charge in [-0.25, -0.2) is 4.79 Å². The molecule has 3 aromatic rings. The summed E-state index contributed by atoms with van der Waals surface area (Å²) in [6.07, 6.45) is 1.86. The molecular weight excluding hydrogens is 278 g/mol. The van der Waals surface area contributed by atoms with Crippen LogP contribution in [0.25, 0.3) is 16.5 Å². The fourth-order valence-corrected chi connectivity index (χ4v) is 2.21. The van der Waals surface area contributed by atoms with Gasteiger partial charge in [-0.2, -0.15) is 0 Å². The van der Waals surface area contributed by atoms with Crippen molar-refractivity contribution >= 4 is 16.7 Å². The molecule has 0 spiro atoms. The smallest absolute Gasteiger partial charge is 0.338 e. The molecule has 1 heterocycles. The Bertz CT molecular complexity index is 860. The van der Waals surface area contributed by atoms with Crippen LogP contribution in [-0.4, -0.2) is 15.6 Å². The van der Waals surface area contributed by atoms with Crippen LogP contribution in [0.3, 0.4) is 0 Å². The number of aromatic hydroxyl groups is 1. The quantitative estimate of drug-likeness (QED) is 0.454. The maximum atomic E-state index is 11.5. The summed E-state index contributed by atoms with van der Waals surface area (Å²) in [5.41, 5.74) is 1.13. The Kier molecular flexibility index (Phi) is 3.43. The monoisotopic (exact) mass is 293 g/mol. The summed E-state index contributed by atoms with van der Waals surface area (Å²) in [7, 11) is 0. The van der Waals surface area contributed by atoms with E-state index in [0.29, 0.717) is 11.3 Å². The third-order valence-corrected chi connectivity index (χ3v) is 3.37. The molecule has 0 unspecified atom stereocenters. The van der Waals surface area contributed by atoms with E-state index in [1.807, 2.05) is 30.5 Å². The first-order valence-corrected chi connectivity index (χ1v) is 6.83. The number of esters is 1. The third kappa shape index (κ3) is 2.46. The van der Waals surface area contributed by atoms with E-state index in [-0.39, 0.29) is 5.88 Å². The molecule has 2 aromatic carbocycles. The minimum Gasteiger partial charge on any atom is -0.494 e. The van der Waals surface area contributed by atoms with Crippen molar-refractivity contribution in [1.82, 2.24) is 4.57 Å². The first-order chi connectivity index (χ1) is 10.6. The second kappa shape index (κ2) is 5.41. The molecule has 0 saturated carbocycles. The van der Waals surface area contributed by atoms with E-state index in [2.05, 4.69) is 6.58 Å². The van der Waals surface area contributed by atoms with E-state index < -0.39 is 5.97 Å². The number of benzene rings is 2. The number of hydrogen-bond donors (Lipinski definition) is 1. The van der Waals surface area contributed by atoms with Crippen molar-refractivity contribution in [2.24, 2.45) is 0 Å². The van der Waals surface area contributed by atoms with Gasteiger partial charge in [0, 0.05) is 28.2 Å². The molecule has 22 heavy (non-hydrogen) atoms. The number of ether oxygens (including phenoxy) is 1. The van der Waals surface area contributed by atoms with E-state index in [1.54, 1.807) is 35.8 Å². The number of carbonyl (C=O) groups excluding carboxylic acids is 1. The Balaban J connectivity index is 1.93. The Morgan fingerprint density at radius 1 is 1.14 bits per heavy atom. The Morgan fingerprint density at radius 3 is 2.45 bits per heavy atom. The van der Waals surface area contributed by atoms with Crippen molar-refractivity contribution in [3.05, 3.63) is 66.9 Å². The van der Waals surface area contributed by atoms with Crippen molar-refractivity contribution < 1.29 is 14.6 Å². The van der Waals surface area contributed by atoms with Gasteiger partial charge in [-0.1, -0.05) is 24.8 Å². The number of fused-ring (bicyclic) bond motifs is 1. The highest BCUT2D eigenvalue weighted by atomic mass is 16.5. The molecule has 3 rings (SSSR count). The van der Waals surface area contributed by atoms with E-state index in [1.165, 1.54) is 0 Å². The molecule has 0 saturated heterocycles. The minimum absolute atomic E-state index is 0.183. The van der Waals surface area contributed by atoms with E-state index in [9.17, 15) is 9.90 Å². The summed E-state index contributed by atoms with van der Waals surface area (Å²) in [4.78, 5) is 11.5. The standard InChI is InChI=1S/C18H15NO3/c1-12(2)18(21)22-15-9-7-14(8-10-15)19-11-13-5-3-4-6-16(13)17(19)20/h3-11,20H,1H2,2H3. The predicted octanol–water partition coefficient (Wildman–Crippen LogP) is 3.82. The molecular formula is C18H15NO3. The highest BCUT2D eigenvalue weighted by Gasteiger charge is 2.10. The zero-order valence-electron chi connectivity index (χ0n) is 12.1. The molecule has 4 nitrogen and oxygen atoms in total. The molecule has 0 radical (unpaired) electrons. The lowest BCUT2D eigenvalue weighted by Crippen LogP contribution is -2.08. The lowest BCUT2D eigenvalue weighted by molar-refractivity contribution is -0.130. The van der Waals surface area contributed by atoms with Crippen LogP contribution in [0, 0.1) is 0 Å². The maximum Gasteiger partial charge on any atom is 0.338 e. The van der Waals surface area contributed by atoms with Crippen molar-refractivity contribution in [2.75, 3.05) is 0 Å². The van der Waals surface area contributed by atoms with Crippen molar-refractivity contribution in [1.29, 1.82) is 0 Å². The molecule has 4 heteroatoms. The molecule has 0 aliphatic carbocycles. The molecule has 0 fully saturated rings. The molecule has 1 N–H and O–H groups in total. The number of rotatable bonds is 3. The average molecular weight is 293 g/mol. The molecule has 0 aliphatic heterocycles. The summed E-state index contributed by atoms with van der Waals surface area (Å²) in [5.74, 6) is 0.164. The Labute approximate surface area is 127 Å². The lowest BCUT2D eigenvalue weighted by Gasteiger charge is -2.07. The average Bonchev–Trinajstić information content (AvgIpc) is 2.85. The summed E-state index contributed by atoms with van der Waals surface area (Å²) in [6.45, 7) is 5.14. The number of nitrogens with zero attached hydrogens (tertiary/aromatic N) is 1. The predicted molar refractivity (Wildman–Crippen MR) is 85.4 cm³/mol. The first-order valence-electron chi connectivity index (χ1n) is 6.83. The molecule has 0 atom stereocenters. The third-order valence-electron chi connectivity index (χ3n) is 3.37. The topological polar surface area (TPSA) is 51.5 Å². The molecule has 110 valence electrons. The van der Waals surface area contributed by atoms with Crippen LogP contribution in [0.4, 0.5) is 0 Å². The number of hydrogen-bond acceptors (Lipinski definition) is 3. The van der Waals surface area contributed by atoms with Gasteiger partial charge in [0.1, 0.15) is 5.75 Å². The highest BCUT2D eigenvalue weighted by Crippen LogP contribution is 2.30. The Morgan fingerprint density at radius 2 is 1.82 bits per heavy atom. The van der Waals surface area contributed by atoms with Gasteiger partial charge in [-0.15, -0.1) is 0 Å². The molecule has 0 bridgehead atoms. The van der Waals surface area contributed by atoms with Gasteiger partial charge in [0.05, 0.1) is 0 Å². The Hall–Kier alpha value is -3.01. The zero-order chi connectivity index (χ0) is 15.7. The summed E-state index contributed by atoms with van der Waals surface area (Å²) in [6, 6.07) is 14.5. The number of aromatic nitrogens is 1. The maximum absolute atomic E-state index is 11.5. The van der Waals surface area contributed by atoms with Gasteiger partial charge < -0.3 is 9.84 Å². The van der Waals surface area contributed by atoms with Crippen molar-refractivity contribution in [3.8, 4) is 17.3 Å². The van der Waals surface area contributed by atoms with Gasteiger partial charge in [0.2, 0.25) is 5.88 Å². The first kappa shape index (κ1) is 13.9. The lowest BCUT2D eigenvalue weighted by atomic mass is 10.2. The minimum atomic E-state index is -0.456. The fraction of sp³-hybridized carbons (Fsp3) is 0.0556. The van der Waals surface area contributed by atoms with Crippen LogP contribution in [0.1, 0.15) is 6.92 Å². The number of carbonyl (C=O) groups is 1. The largest absolute Gasteiger partial charge is 0.494 e. The van der Waals surface area contributed by atoms with Gasteiger partial charge in [0.25, 0.3) is 0 Å². The van der Waals surface area contributed by atoms with E-state index in [0.717, 1.165) is 16.5 Å². The van der Waals surface area contributed by atoms with Crippen LogP contribution in [0.2, 0.25) is 0 Å². The summed E-state index contributed by atoms with van der Waals surface area (Å²) >= 11 is 0. The SMILES string of the molecule is C=C(C)C(=O)Oc1ccc(-n2cc3ccccc3c2O)cc1. The second-order valence-electron chi connectivity index (χ2n) is 5.07. The normalized spacial score (nSPS) is 10.6. The fourth-order valence-electron chi connectivity index (χ4n) is 2.21. The molecule has 0 aliphatic rings. The van der Waals surface area contributed by atoms with Crippen LogP contribution in [-0.2, 0) is 4.79 Å². The zero-order valence-corrected chi connectivity index (χ0v) is 12.1. The second-order valence-corrected chi connectivity index (χ2v) is 5.07. The summed E-state index contributed by atoms with van der Waals surface area (Å²) < 4.78 is 6.84. The van der Waals surface area contributed by atoms with Gasteiger partial charge in [-0.3, -0.25) is 4.57 Å². The molecule has 1 aromatic heterocycles. The highest BCUT2D eigenvalue weighted by molar-refractivity contribution is 5.89. The van der Waals surface area contributed by atoms with Gasteiger partial charge >= 0.3 is 5.97 Å². The van der Waals surface area contributed by atoms with Gasteiger partial charge in [-0.05, 0) is 37.3 Å². The van der Waals surface area contributed by atoms with E-state index in [4.69, 9.17) is 4.74 Å². The van der Waals surface area contributed by atoms with Crippen LogP contribution in [0.15, 0.2) is 66.9 Å². The summed E-state index contributed by atoms with van der Waals surface area (Å²) in [5, 5.41) is 12.0. The van der Waals surface area contributed by atoms with Crippen LogP contribution in [0.5, 0.6) is 11.6 Å². The van der Waals surface area contributed by atoms with E-state index >= 15 is 0 Å². The van der Waals surface area contributed by atoms with Crippen molar-refractivity contribution in [2.45, 2.75) is 6.92 Å². The van der Waals surface area contributed by atoms with Crippen molar-refractivity contribution in [3.63, 3.8) is 0 Å². The van der Waals surface area contributed by atoms with Gasteiger partial charge in [0.15, 0.2) is 0 Å².